The van der Waals surface area contributed by atoms with Gasteiger partial charge in [-0.25, -0.2) is 0 Å². The molecule has 0 spiro atoms. The molecule has 0 bridgehead atoms. The Morgan fingerprint density at radius 1 is 1.12 bits per heavy atom. The van der Waals surface area contributed by atoms with E-state index in [-0.39, 0.29) is 24.3 Å². The molecule has 0 radical (unpaired) electrons. The third-order valence-corrected chi connectivity index (χ3v) is 4.05. The Labute approximate surface area is 93.0 Å². The predicted molar refractivity (Wildman–Crippen MR) is 53.7 cm³/mol. The van der Waals surface area contributed by atoms with Crippen LogP contribution in [0.2, 0.25) is 0 Å². The van der Waals surface area contributed by atoms with Gasteiger partial charge in [0.15, 0.2) is 5.60 Å². The Kier molecular flexibility index (Phi) is 2.74. The van der Waals surface area contributed by atoms with Gasteiger partial charge < -0.3 is 10.8 Å². The van der Waals surface area contributed by atoms with Crippen LogP contribution in [0.5, 0.6) is 0 Å². The van der Waals surface area contributed by atoms with Crippen molar-refractivity contribution in [3.8, 4) is 0 Å². The van der Waals surface area contributed by atoms with Crippen molar-refractivity contribution in [2.45, 2.75) is 62.3 Å². The maximum atomic E-state index is 12.5. The lowest BCUT2D eigenvalue weighted by Crippen LogP contribution is -2.48. The van der Waals surface area contributed by atoms with Crippen molar-refractivity contribution in [2.24, 2.45) is 11.7 Å². The van der Waals surface area contributed by atoms with Gasteiger partial charge in [-0.3, -0.25) is 0 Å². The number of hydrogen-bond donors (Lipinski definition) is 2. The van der Waals surface area contributed by atoms with Crippen molar-refractivity contribution < 1.29 is 18.3 Å². The fourth-order valence-electron chi connectivity index (χ4n) is 2.58. The van der Waals surface area contributed by atoms with Crippen LogP contribution >= 0.6 is 0 Å². The van der Waals surface area contributed by atoms with Gasteiger partial charge in [-0.1, -0.05) is 0 Å². The molecule has 2 aliphatic carbocycles. The van der Waals surface area contributed by atoms with Gasteiger partial charge in [-0.2, -0.15) is 13.2 Å². The fraction of sp³-hybridized carbons (Fsp3) is 1.00. The summed E-state index contributed by atoms with van der Waals surface area (Å²) in [5.74, 6) is 0.259. The highest BCUT2D eigenvalue weighted by molar-refractivity contribution is 5.01. The molecule has 0 aromatic rings. The highest BCUT2D eigenvalue weighted by atomic mass is 19.4. The molecule has 5 heteroatoms. The number of aliphatic hydroxyl groups is 1. The summed E-state index contributed by atoms with van der Waals surface area (Å²) in [5.41, 5.74) is 3.40. The zero-order chi connectivity index (χ0) is 12.0. The van der Waals surface area contributed by atoms with Crippen LogP contribution in [0.15, 0.2) is 0 Å². The molecule has 2 nitrogen and oxygen atoms in total. The van der Waals surface area contributed by atoms with E-state index < -0.39 is 11.8 Å². The monoisotopic (exact) mass is 237 g/mol. The van der Waals surface area contributed by atoms with Gasteiger partial charge in [0.05, 0.1) is 0 Å². The number of hydrogen-bond acceptors (Lipinski definition) is 2. The average Bonchev–Trinajstić information content (AvgIpc) is 2.86. The first-order valence-corrected chi connectivity index (χ1v) is 5.82. The molecule has 0 aromatic heterocycles. The van der Waals surface area contributed by atoms with Gasteiger partial charge in [0, 0.05) is 5.54 Å². The molecular formula is C11H18F3NO. The van der Waals surface area contributed by atoms with E-state index >= 15 is 0 Å². The van der Waals surface area contributed by atoms with Gasteiger partial charge in [0.2, 0.25) is 0 Å². The van der Waals surface area contributed by atoms with Crippen LogP contribution in [-0.4, -0.2) is 22.4 Å². The van der Waals surface area contributed by atoms with Crippen LogP contribution in [0.1, 0.15) is 44.9 Å². The molecular weight excluding hydrogens is 219 g/mol. The Bertz CT molecular complexity index is 265. The zero-order valence-corrected chi connectivity index (χ0v) is 9.19. The van der Waals surface area contributed by atoms with Crippen LogP contribution in [0.25, 0.3) is 0 Å². The van der Waals surface area contributed by atoms with Gasteiger partial charge in [-0.05, 0) is 50.9 Å². The summed E-state index contributed by atoms with van der Waals surface area (Å²) >= 11 is 0. The minimum absolute atomic E-state index is 0.0989. The average molecular weight is 237 g/mol. The number of rotatable bonds is 2. The van der Waals surface area contributed by atoms with Crippen molar-refractivity contribution in [1.82, 2.24) is 0 Å². The molecule has 0 unspecified atom stereocenters. The van der Waals surface area contributed by atoms with E-state index in [9.17, 15) is 18.3 Å². The van der Waals surface area contributed by atoms with E-state index in [2.05, 4.69) is 0 Å². The summed E-state index contributed by atoms with van der Waals surface area (Å²) in [6.07, 6.45) is -1.14. The SMILES string of the molecule is NC1(CC2CCC(O)(C(F)(F)F)CC2)CC1. The lowest BCUT2D eigenvalue weighted by molar-refractivity contribution is -0.272. The first-order valence-electron chi connectivity index (χ1n) is 5.82. The first kappa shape index (κ1) is 12.2. The normalized spacial score (nSPS) is 38.4. The van der Waals surface area contributed by atoms with Crippen molar-refractivity contribution in [2.75, 3.05) is 0 Å². The summed E-state index contributed by atoms with van der Waals surface area (Å²) < 4.78 is 37.6. The Balaban J connectivity index is 1.86. The van der Waals surface area contributed by atoms with Gasteiger partial charge in [0.1, 0.15) is 0 Å². The topological polar surface area (TPSA) is 46.2 Å². The molecule has 2 rings (SSSR count). The number of nitrogens with two attached hydrogens (primary N) is 1. The molecule has 2 saturated carbocycles. The standard InChI is InChI=1S/C11H18F3NO/c12-11(13,14)10(16)3-1-8(2-4-10)7-9(15)5-6-9/h8,16H,1-7,15H2. The summed E-state index contributed by atoms with van der Waals surface area (Å²) in [6.45, 7) is 0. The Hall–Kier alpha value is -0.290. The predicted octanol–water partition coefficient (Wildman–Crippen LogP) is 2.35. The van der Waals surface area contributed by atoms with Gasteiger partial charge in [0.25, 0.3) is 0 Å². The number of halogens is 3. The maximum Gasteiger partial charge on any atom is 0.417 e. The third-order valence-electron chi connectivity index (χ3n) is 4.05. The molecule has 2 aliphatic rings. The Morgan fingerprint density at radius 3 is 2.00 bits per heavy atom. The summed E-state index contributed by atoms with van der Waals surface area (Å²) in [7, 11) is 0. The molecule has 0 atom stereocenters. The summed E-state index contributed by atoms with van der Waals surface area (Å²) in [4.78, 5) is 0. The van der Waals surface area contributed by atoms with Crippen LogP contribution in [0.3, 0.4) is 0 Å². The fourth-order valence-corrected chi connectivity index (χ4v) is 2.58. The summed E-state index contributed by atoms with van der Waals surface area (Å²) in [5, 5.41) is 9.48. The summed E-state index contributed by atoms with van der Waals surface area (Å²) in [6, 6.07) is 0. The highest BCUT2D eigenvalue weighted by Crippen LogP contribution is 2.47. The molecule has 2 fully saturated rings. The van der Waals surface area contributed by atoms with Crippen molar-refractivity contribution in [1.29, 1.82) is 0 Å². The third kappa shape index (κ3) is 2.35. The van der Waals surface area contributed by atoms with Crippen LogP contribution in [-0.2, 0) is 0 Å². The molecule has 3 N–H and O–H groups in total. The van der Waals surface area contributed by atoms with Crippen LogP contribution in [0.4, 0.5) is 13.2 Å². The van der Waals surface area contributed by atoms with E-state index in [1.807, 2.05) is 0 Å². The maximum absolute atomic E-state index is 12.5. The lowest BCUT2D eigenvalue weighted by atomic mass is 9.76. The second kappa shape index (κ2) is 3.60. The van der Waals surface area contributed by atoms with E-state index in [1.54, 1.807) is 0 Å². The molecule has 0 aromatic carbocycles. The quantitative estimate of drug-likeness (QED) is 0.774. The minimum Gasteiger partial charge on any atom is -0.380 e. The van der Waals surface area contributed by atoms with Crippen LogP contribution < -0.4 is 5.73 Å². The van der Waals surface area contributed by atoms with Crippen molar-refractivity contribution in [3.63, 3.8) is 0 Å². The van der Waals surface area contributed by atoms with E-state index in [1.165, 1.54) is 0 Å². The van der Waals surface area contributed by atoms with E-state index in [4.69, 9.17) is 5.73 Å². The molecule has 0 aliphatic heterocycles. The second-order valence-electron chi connectivity index (χ2n) is 5.54. The molecule has 0 saturated heterocycles. The van der Waals surface area contributed by atoms with Crippen molar-refractivity contribution >= 4 is 0 Å². The first-order chi connectivity index (χ1) is 7.24. The lowest BCUT2D eigenvalue weighted by Gasteiger charge is -2.37. The van der Waals surface area contributed by atoms with Crippen LogP contribution in [0, 0.1) is 5.92 Å². The molecule has 0 amide bonds. The van der Waals surface area contributed by atoms with Crippen molar-refractivity contribution in [3.05, 3.63) is 0 Å². The number of alkyl halides is 3. The largest absolute Gasteiger partial charge is 0.417 e. The van der Waals surface area contributed by atoms with E-state index in [0.29, 0.717) is 12.8 Å². The molecule has 16 heavy (non-hydrogen) atoms. The smallest absolute Gasteiger partial charge is 0.380 e. The highest BCUT2D eigenvalue weighted by Gasteiger charge is 2.55. The van der Waals surface area contributed by atoms with Gasteiger partial charge in [-0.15, -0.1) is 0 Å². The van der Waals surface area contributed by atoms with E-state index in [0.717, 1.165) is 19.3 Å². The zero-order valence-electron chi connectivity index (χ0n) is 9.19. The second-order valence-corrected chi connectivity index (χ2v) is 5.54. The van der Waals surface area contributed by atoms with Gasteiger partial charge >= 0.3 is 6.18 Å². The Morgan fingerprint density at radius 2 is 1.62 bits per heavy atom. The minimum atomic E-state index is -4.49. The molecule has 94 valence electrons. The molecule has 0 heterocycles.